The maximum atomic E-state index is 3.46. The lowest BCUT2D eigenvalue weighted by Gasteiger charge is -2.00. The monoisotopic (exact) mass is 164 g/mol. The van der Waals surface area contributed by atoms with E-state index in [1.165, 1.54) is 18.5 Å². The van der Waals surface area contributed by atoms with Crippen LogP contribution in [0, 0.1) is 11.8 Å². The molecular formula is C10H16N2. The zero-order valence-corrected chi connectivity index (χ0v) is 7.51. The van der Waals surface area contributed by atoms with Gasteiger partial charge in [-0.05, 0) is 36.4 Å². The Kier molecular flexibility index (Phi) is 2.17. The lowest BCUT2D eigenvalue weighted by molar-refractivity contribution is 0.612. The molecule has 12 heavy (non-hydrogen) atoms. The largest absolute Gasteiger partial charge is 0.367 e. The van der Waals surface area contributed by atoms with Crippen molar-refractivity contribution in [2.45, 2.75) is 19.9 Å². The van der Waals surface area contributed by atoms with E-state index in [1.54, 1.807) is 0 Å². The third-order valence-corrected chi connectivity index (χ3v) is 2.67. The van der Waals surface area contributed by atoms with Crippen LogP contribution in [-0.4, -0.2) is 11.5 Å². The molecule has 0 radical (unpaired) electrons. The van der Waals surface area contributed by atoms with Gasteiger partial charge in [-0.25, -0.2) is 0 Å². The Labute approximate surface area is 73.4 Å². The first-order valence-electron chi connectivity index (χ1n) is 4.68. The Hall–Kier alpha value is -0.760. The summed E-state index contributed by atoms with van der Waals surface area (Å²) in [4.78, 5) is 3.05. The summed E-state index contributed by atoms with van der Waals surface area (Å²) < 4.78 is 0. The van der Waals surface area contributed by atoms with Crippen molar-refractivity contribution < 1.29 is 0 Å². The van der Waals surface area contributed by atoms with Gasteiger partial charge in [0.05, 0.1) is 0 Å². The van der Waals surface area contributed by atoms with Crippen molar-refractivity contribution in [2.24, 2.45) is 11.8 Å². The van der Waals surface area contributed by atoms with Crippen LogP contribution in [0.5, 0.6) is 0 Å². The van der Waals surface area contributed by atoms with Crippen LogP contribution in [0.1, 0.15) is 18.9 Å². The van der Waals surface area contributed by atoms with Crippen molar-refractivity contribution in [3.05, 3.63) is 24.0 Å². The van der Waals surface area contributed by atoms with E-state index >= 15 is 0 Å². The van der Waals surface area contributed by atoms with Gasteiger partial charge in [0.2, 0.25) is 0 Å². The maximum absolute atomic E-state index is 3.46. The number of aromatic nitrogens is 1. The number of H-pyrrole nitrogens is 1. The van der Waals surface area contributed by atoms with Gasteiger partial charge in [0.15, 0.2) is 0 Å². The van der Waals surface area contributed by atoms with Crippen LogP contribution in [0.3, 0.4) is 0 Å². The summed E-state index contributed by atoms with van der Waals surface area (Å²) in [7, 11) is 0. The van der Waals surface area contributed by atoms with Crippen LogP contribution in [0.25, 0.3) is 0 Å². The summed E-state index contributed by atoms with van der Waals surface area (Å²) in [5.74, 6) is 1.91. The van der Waals surface area contributed by atoms with Crippen molar-refractivity contribution >= 4 is 0 Å². The SMILES string of the molecule is CC1CC1CNCc1cc[nH]c1. The van der Waals surface area contributed by atoms with Gasteiger partial charge in [0.25, 0.3) is 0 Å². The van der Waals surface area contributed by atoms with Crippen LogP contribution < -0.4 is 5.32 Å². The lowest BCUT2D eigenvalue weighted by atomic mass is 10.3. The van der Waals surface area contributed by atoms with Gasteiger partial charge in [-0.3, -0.25) is 0 Å². The van der Waals surface area contributed by atoms with Crippen molar-refractivity contribution in [1.29, 1.82) is 0 Å². The molecule has 0 aliphatic heterocycles. The highest BCUT2D eigenvalue weighted by Crippen LogP contribution is 2.36. The second-order valence-electron chi connectivity index (χ2n) is 3.82. The van der Waals surface area contributed by atoms with Crippen LogP contribution in [0.2, 0.25) is 0 Å². The van der Waals surface area contributed by atoms with Crippen molar-refractivity contribution in [1.82, 2.24) is 10.3 Å². The molecule has 1 heterocycles. The second kappa shape index (κ2) is 3.31. The Morgan fingerprint density at radius 3 is 3.08 bits per heavy atom. The summed E-state index contributed by atoms with van der Waals surface area (Å²) in [6.45, 7) is 4.52. The summed E-state index contributed by atoms with van der Waals surface area (Å²) in [6, 6.07) is 2.11. The van der Waals surface area contributed by atoms with Crippen LogP contribution in [0.15, 0.2) is 18.5 Å². The van der Waals surface area contributed by atoms with E-state index in [0.717, 1.165) is 18.4 Å². The van der Waals surface area contributed by atoms with Gasteiger partial charge in [0.1, 0.15) is 0 Å². The van der Waals surface area contributed by atoms with E-state index < -0.39 is 0 Å². The van der Waals surface area contributed by atoms with Crippen molar-refractivity contribution in [2.75, 3.05) is 6.54 Å². The van der Waals surface area contributed by atoms with Crippen molar-refractivity contribution in [3.63, 3.8) is 0 Å². The molecule has 1 aromatic heterocycles. The average Bonchev–Trinajstić information content (AvgIpc) is 2.58. The van der Waals surface area contributed by atoms with Gasteiger partial charge in [-0.15, -0.1) is 0 Å². The third kappa shape index (κ3) is 1.89. The molecule has 0 saturated heterocycles. The fraction of sp³-hybridized carbons (Fsp3) is 0.600. The Morgan fingerprint density at radius 2 is 2.50 bits per heavy atom. The Balaban J connectivity index is 1.63. The first kappa shape index (κ1) is 7.87. The highest BCUT2D eigenvalue weighted by atomic mass is 14.9. The molecule has 0 aromatic carbocycles. The molecule has 2 unspecified atom stereocenters. The molecule has 2 heteroatoms. The first-order valence-corrected chi connectivity index (χ1v) is 4.68. The maximum Gasteiger partial charge on any atom is 0.0220 e. The fourth-order valence-electron chi connectivity index (χ4n) is 1.55. The smallest absolute Gasteiger partial charge is 0.0220 e. The van der Waals surface area contributed by atoms with Crippen LogP contribution >= 0.6 is 0 Å². The van der Waals surface area contributed by atoms with E-state index in [4.69, 9.17) is 0 Å². The van der Waals surface area contributed by atoms with Gasteiger partial charge in [-0.2, -0.15) is 0 Å². The molecule has 1 aromatic rings. The van der Waals surface area contributed by atoms with Gasteiger partial charge >= 0.3 is 0 Å². The quantitative estimate of drug-likeness (QED) is 0.697. The highest BCUT2D eigenvalue weighted by Gasteiger charge is 2.31. The van der Waals surface area contributed by atoms with E-state index in [2.05, 4.69) is 23.3 Å². The minimum atomic E-state index is 0.948. The van der Waals surface area contributed by atoms with Crippen LogP contribution in [-0.2, 0) is 6.54 Å². The number of nitrogens with one attached hydrogen (secondary N) is 2. The molecule has 2 N–H and O–H groups in total. The zero-order chi connectivity index (χ0) is 8.39. The molecular weight excluding hydrogens is 148 g/mol. The minimum Gasteiger partial charge on any atom is -0.367 e. The van der Waals surface area contributed by atoms with Gasteiger partial charge < -0.3 is 10.3 Å². The predicted molar refractivity (Wildman–Crippen MR) is 49.8 cm³/mol. The van der Waals surface area contributed by atoms with E-state index in [0.29, 0.717) is 0 Å². The molecule has 66 valence electrons. The predicted octanol–water partition coefficient (Wildman–Crippen LogP) is 1.76. The molecule has 0 spiro atoms. The number of hydrogen-bond donors (Lipinski definition) is 2. The first-order chi connectivity index (χ1) is 5.86. The van der Waals surface area contributed by atoms with E-state index in [1.807, 2.05) is 12.4 Å². The summed E-state index contributed by atoms with van der Waals surface area (Å²) in [5.41, 5.74) is 1.35. The molecule has 1 saturated carbocycles. The van der Waals surface area contributed by atoms with Crippen molar-refractivity contribution in [3.8, 4) is 0 Å². The fourth-order valence-corrected chi connectivity index (χ4v) is 1.55. The number of aromatic amines is 1. The highest BCUT2D eigenvalue weighted by molar-refractivity contribution is 5.07. The molecule has 2 nitrogen and oxygen atoms in total. The Morgan fingerprint density at radius 1 is 1.67 bits per heavy atom. The molecule has 0 amide bonds. The molecule has 1 fully saturated rings. The van der Waals surface area contributed by atoms with E-state index in [9.17, 15) is 0 Å². The minimum absolute atomic E-state index is 0.948. The molecule has 1 aliphatic rings. The summed E-state index contributed by atoms with van der Waals surface area (Å²) >= 11 is 0. The zero-order valence-electron chi connectivity index (χ0n) is 7.51. The second-order valence-corrected chi connectivity index (χ2v) is 3.82. The number of hydrogen-bond acceptors (Lipinski definition) is 1. The molecule has 2 rings (SSSR count). The van der Waals surface area contributed by atoms with Gasteiger partial charge in [-0.1, -0.05) is 6.92 Å². The average molecular weight is 164 g/mol. The van der Waals surface area contributed by atoms with E-state index in [-0.39, 0.29) is 0 Å². The topological polar surface area (TPSA) is 27.8 Å². The normalized spacial score (nSPS) is 27.4. The standard InChI is InChI=1S/C10H16N2/c1-8-4-10(8)7-12-6-9-2-3-11-5-9/h2-3,5,8,10-12H,4,6-7H2,1H3. The molecule has 2 atom stereocenters. The summed E-state index contributed by atoms with van der Waals surface area (Å²) in [5, 5.41) is 3.46. The van der Waals surface area contributed by atoms with Crippen LogP contribution in [0.4, 0.5) is 0 Å². The molecule has 0 bridgehead atoms. The molecule has 1 aliphatic carbocycles. The third-order valence-electron chi connectivity index (χ3n) is 2.67. The van der Waals surface area contributed by atoms with Gasteiger partial charge in [0, 0.05) is 18.9 Å². The number of rotatable bonds is 4. The summed E-state index contributed by atoms with van der Waals surface area (Å²) in [6.07, 6.45) is 5.43. The lowest BCUT2D eigenvalue weighted by Crippen LogP contribution is -2.16. The Bertz CT molecular complexity index is 228.